The fourth-order valence-electron chi connectivity index (χ4n) is 2.05. The molecular weight excluding hydrogens is 166 g/mol. The first-order valence-electron chi connectivity index (χ1n) is 4.98. The number of carbonyl (C=O) groups excluding carboxylic acids is 1. The van der Waals surface area contributed by atoms with Gasteiger partial charge in [0.2, 0.25) is 0 Å². The van der Waals surface area contributed by atoms with Gasteiger partial charge in [-0.3, -0.25) is 4.79 Å². The van der Waals surface area contributed by atoms with E-state index < -0.39 is 0 Å². The molecule has 1 saturated carbocycles. The number of hydrogen-bond acceptors (Lipinski definition) is 3. The Labute approximate surface area is 79.6 Å². The third-order valence-corrected chi connectivity index (χ3v) is 3.05. The molecule has 0 aromatic rings. The maximum absolute atomic E-state index is 11.2. The zero-order valence-corrected chi connectivity index (χ0v) is 8.45. The van der Waals surface area contributed by atoms with E-state index in [-0.39, 0.29) is 17.9 Å². The fraction of sp³-hybridized carbons (Fsp3) is 0.900. The van der Waals surface area contributed by atoms with Gasteiger partial charge in [-0.15, -0.1) is 0 Å². The lowest BCUT2D eigenvalue weighted by atomic mass is 9.79. The monoisotopic (exact) mass is 185 g/mol. The van der Waals surface area contributed by atoms with Gasteiger partial charge in [0.05, 0.1) is 13.0 Å². The van der Waals surface area contributed by atoms with Crippen LogP contribution in [0.4, 0.5) is 0 Å². The highest BCUT2D eigenvalue weighted by atomic mass is 16.5. The third-order valence-electron chi connectivity index (χ3n) is 3.05. The lowest BCUT2D eigenvalue weighted by Gasteiger charge is -2.29. The third kappa shape index (κ3) is 2.69. The fourth-order valence-corrected chi connectivity index (χ4v) is 2.05. The Morgan fingerprint density at radius 2 is 1.92 bits per heavy atom. The first-order chi connectivity index (χ1) is 6.15. The van der Waals surface area contributed by atoms with Crippen LogP contribution < -0.4 is 5.73 Å². The summed E-state index contributed by atoms with van der Waals surface area (Å²) in [6.45, 7) is 2.04. The molecule has 0 aliphatic heterocycles. The van der Waals surface area contributed by atoms with E-state index in [1.807, 2.05) is 6.92 Å². The van der Waals surface area contributed by atoms with Gasteiger partial charge in [-0.2, -0.15) is 0 Å². The first kappa shape index (κ1) is 10.5. The summed E-state index contributed by atoms with van der Waals surface area (Å²) >= 11 is 0. The summed E-state index contributed by atoms with van der Waals surface area (Å²) in [4.78, 5) is 11.2. The predicted molar refractivity (Wildman–Crippen MR) is 51.1 cm³/mol. The Hall–Kier alpha value is -0.570. The smallest absolute Gasteiger partial charge is 0.308 e. The molecule has 2 N–H and O–H groups in total. The van der Waals surface area contributed by atoms with E-state index in [0.717, 1.165) is 25.7 Å². The predicted octanol–water partition coefficient (Wildman–Crippen LogP) is 1.31. The van der Waals surface area contributed by atoms with Crippen molar-refractivity contribution in [3.63, 3.8) is 0 Å². The lowest BCUT2D eigenvalue weighted by Crippen LogP contribution is -2.32. The molecule has 0 radical (unpaired) electrons. The minimum Gasteiger partial charge on any atom is -0.469 e. The van der Waals surface area contributed by atoms with Crippen LogP contribution in [-0.2, 0) is 9.53 Å². The van der Waals surface area contributed by atoms with E-state index in [9.17, 15) is 4.79 Å². The van der Waals surface area contributed by atoms with Crippen molar-refractivity contribution in [2.24, 2.45) is 17.6 Å². The molecule has 0 saturated heterocycles. The van der Waals surface area contributed by atoms with Crippen LogP contribution >= 0.6 is 0 Å². The molecule has 1 unspecified atom stereocenters. The molecule has 3 heteroatoms. The molecule has 0 heterocycles. The van der Waals surface area contributed by atoms with Gasteiger partial charge in [0.1, 0.15) is 0 Å². The normalized spacial score (nSPS) is 31.0. The molecule has 76 valence electrons. The van der Waals surface area contributed by atoms with Gasteiger partial charge in [0, 0.05) is 6.04 Å². The van der Waals surface area contributed by atoms with Crippen LogP contribution in [0, 0.1) is 11.8 Å². The van der Waals surface area contributed by atoms with E-state index in [1.165, 1.54) is 7.11 Å². The molecule has 1 aliphatic carbocycles. The Kier molecular flexibility index (Phi) is 3.72. The number of ether oxygens (including phenoxy) is 1. The molecule has 1 aliphatic rings. The van der Waals surface area contributed by atoms with Crippen LogP contribution in [0.1, 0.15) is 32.6 Å². The van der Waals surface area contributed by atoms with Crippen LogP contribution in [0.5, 0.6) is 0 Å². The van der Waals surface area contributed by atoms with Crippen LogP contribution in [-0.4, -0.2) is 19.1 Å². The Bertz CT molecular complexity index is 172. The standard InChI is InChI=1S/C10H19NO2/c1-7(11)8-3-5-9(6-4-8)10(12)13-2/h7-9H,3-6,11H2,1-2H3. The van der Waals surface area contributed by atoms with Gasteiger partial charge in [0.15, 0.2) is 0 Å². The molecule has 0 aromatic carbocycles. The topological polar surface area (TPSA) is 52.3 Å². The average Bonchev–Trinajstić information content (AvgIpc) is 2.17. The molecule has 0 amide bonds. The molecule has 1 fully saturated rings. The number of nitrogens with two attached hydrogens (primary N) is 1. The maximum atomic E-state index is 11.2. The summed E-state index contributed by atoms with van der Waals surface area (Å²) in [5.74, 6) is 0.670. The molecule has 1 rings (SSSR count). The summed E-state index contributed by atoms with van der Waals surface area (Å²) in [5.41, 5.74) is 5.81. The van der Waals surface area contributed by atoms with Gasteiger partial charge in [-0.05, 0) is 38.5 Å². The highest BCUT2D eigenvalue weighted by Crippen LogP contribution is 2.30. The summed E-state index contributed by atoms with van der Waals surface area (Å²) in [6, 6.07) is 0.263. The molecule has 0 bridgehead atoms. The van der Waals surface area contributed by atoms with Crippen molar-refractivity contribution in [1.29, 1.82) is 0 Å². The maximum Gasteiger partial charge on any atom is 0.308 e. The highest BCUT2D eigenvalue weighted by Gasteiger charge is 2.28. The minimum atomic E-state index is -0.0527. The average molecular weight is 185 g/mol. The van der Waals surface area contributed by atoms with Crippen molar-refractivity contribution in [3.8, 4) is 0 Å². The molecular formula is C10H19NO2. The highest BCUT2D eigenvalue weighted by molar-refractivity contribution is 5.72. The quantitative estimate of drug-likeness (QED) is 0.660. The summed E-state index contributed by atoms with van der Waals surface area (Å²) in [6.07, 6.45) is 4.02. The van der Waals surface area contributed by atoms with Crippen LogP contribution in [0.15, 0.2) is 0 Å². The van der Waals surface area contributed by atoms with E-state index in [4.69, 9.17) is 10.5 Å². The van der Waals surface area contributed by atoms with E-state index in [0.29, 0.717) is 5.92 Å². The van der Waals surface area contributed by atoms with E-state index in [1.54, 1.807) is 0 Å². The largest absolute Gasteiger partial charge is 0.469 e. The number of hydrogen-bond donors (Lipinski definition) is 1. The summed E-state index contributed by atoms with van der Waals surface area (Å²) < 4.78 is 4.72. The Balaban J connectivity index is 2.34. The van der Waals surface area contributed by atoms with Crippen LogP contribution in [0.2, 0.25) is 0 Å². The summed E-state index contributed by atoms with van der Waals surface area (Å²) in [5, 5.41) is 0. The molecule has 0 spiro atoms. The molecule has 0 aromatic heterocycles. The zero-order chi connectivity index (χ0) is 9.84. The zero-order valence-electron chi connectivity index (χ0n) is 8.45. The number of carbonyl (C=O) groups is 1. The van der Waals surface area contributed by atoms with Crippen molar-refractivity contribution in [2.75, 3.05) is 7.11 Å². The van der Waals surface area contributed by atoms with Gasteiger partial charge >= 0.3 is 5.97 Å². The Morgan fingerprint density at radius 1 is 1.38 bits per heavy atom. The second-order valence-electron chi connectivity index (χ2n) is 3.99. The van der Waals surface area contributed by atoms with Crippen LogP contribution in [0.3, 0.4) is 0 Å². The number of rotatable bonds is 2. The number of methoxy groups -OCH3 is 1. The van der Waals surface area contributed by atoms with E-state index in [2.05, 4.69) is 0 Å². The van der Waals surface area contributed by atoms with Gasteiger partial charge in [-0.25, -0.2) is 0 Å². The van der Waals surface area contributed by atoms with Crippen molar-refractivity contribution < 1.29 is 9.53 Å². The SMILES string of the molecule is COC(=O)C1CCC(C(C)N)CC1. The van der Waals surface area contributed by atoms with E-state index >= 15 is 0 Å². The van der Waals surface area contributed by atoms with Crippen molar-refractivity contribution in [3.05, 3.63) is 0 Å². The summed E-state index contributed by atoms with van der Waals surface area (Å²) in [7, 11) is 1.46. The first-order valence-corrected chi connectivity index (χ1v) is 4.98. The van der Waals surface area contributed by atoms with Crippen LogP contribution in [0.25, 0.3) is 0 Å². The second-order valence-corrected chi connectivity index (χ2v) is 3.99. The van der Waals surface area contributed by atoms with Crippen molar-refractivity contribution >= 4 is 5.97 Å². The second kappa shape index (κ2) is 4.61. The van der Waals surface area contributed by atoms with Crippen molar-refractivity contribution in [1.82, 2.24) is 0 Å². The van der Waals surface area contributed by atoms with Gasteiger partial charge in [-0.1, -0.05) is 0 Å². The van der Waals surface area contributed by atoms with Gasteiger partial charge in [0.25, 0.3) is 0 Å². The molecule has 13 heavy (non-hydrogen) atoms. The molecule has 3 nitrogen and oxygen atoms in total. The number of esters is 1. The Morgan fingerprint density at radius 3 is 2.31 bits per heavy atom. The minimum absolute atomic E-state index is 0.0527. The van der Waals surface area contributed by atoms with Gasteiger partial charge < -0.3 is 10.5 Å². The lowest BCUT2D eigenvalue weighted by molar-refractivity contribution is -0.146. The molecule has 1 atom stereocenters. The van der Waals surface area contributed by atoms with Crippen molar-refractivity contribution in [2.45, 2.75) is 38.6 Å².